The molecule has 33 heavy (non-hydrogen) atoms. The van der Waals surface area contributed by atoms with Gasteiger partial charge in [0.2, 0.25) is 5.95 Å². The Hall–Kier alpha value is -4.26. The number of rotatable bonds is 5. The maximum absolute atomic E-state index is 13.6. The van der Waals surface area contributed by atoms with Crippen LogP contribution in [0.1, 0.15) is 18.5 Å². The normalized spacial score (nSPS) is 15.1. The Bertz CT molecular complexity index is 1380. The molecule has 1 aliphatic rings. The third-order valence-electron chi connectivity index (χ3n) is 5.84. The van der Waals surface area contributed by atoms with Crippen molar-refractivity contribution in [2.45, 2.75) is 13.0 Å². The first kappa shape index (κ1) is 20.6. The van der Waals surface area contributed by atoms with Gasteiger partial charge in [0.1, 0.15) is 11.5 Å². The van der Waals surface area contributed by atoms with Crippen LogP contribution in [0, 0.1) is 0 Å². The molecule has 0 aliphatic carbocycles. The van der Waals surface area contributed by atoms with Gasteiger partial charge in [0.15, 0.2) is 0 Å². The lowest BCUT2D eigenvalue weighted by molar-refractivity contribution is -0.113. The second-order valence-corrected chi connectivity index (χ2v) is 7.79. The van der Waals surface area contributed by atoms with E-state index in [4.69, 9.17) is 14.5 Å². The largest absolute Gasteiger partial charge is 0.497 e. The predicted octanol–water partition coefficient (Wildman–Crippen LogP) is 4.98. The minimum Gasteiger partial charge on any atom is -0.497 e. The molecule has 166 valence electrons. The minimum atomic E-state index is -0.460. The number of anilines is 2. The lowest BCUT2D eigenvalue weighted by atomic mass is 9.93. The molecule has 3 aromatic carbocycles. The number of amides is 1. The highest BCUT2D eigenvalue weighted by atomic mass is 16.5. The molecule has 0 saturated carbocycles. The Kier molecular flexibility index (Phi) is 5.22. The summed E-state index contributed by atoms with van der Waals surface area (Å²) >= 11 is 0. The summed E-state index contributed by atoms with van der Waals surface area (Å²) in [5, 5.41) is 6.37. The molecule has 0 spiro atoms. The van der Waals surface area contributed by atoms with Crippen molar-refractivity contribution in [1.82, 2.24) is 9.55 Å². The quantitative estimate of drug-likeness (QED) is 0.458. The maximum Gasteiger partial charge on any atom is 0.255 e. The zero-order valence-electron chi connectivity index (χ0n) is 18.6. The number of nitrogens with zero attached hydrogens (tertiary/aromatic N) is 2. The number of carbonyl (C=O) groups excluding carboxylic acids is 1. The molecule has 0 radical (unpaired) electrons. The van der Waals surface area contributed by atoms with Crippen molar-refractivity contribution < 1.29 is 14.3 Å². The van der Waals surface area contributed by atoms with E-state index < -0.39 is 6.04 Å². The van der Waals surface area contributed by atoms with Crippen LogP contribution < -0.4 is 20.1 Å². The van der Waals surface area contributed by atoms with Gasteiger partial charge >= 0.3 is 0 Å². The van der Waals surface area contributed by atoms with E-state index in [1.54, 1.807) is 14.2 Å². The standard InChI is InChI=1S/C26H24N4O3/c1-16-23(25(31)28-17-9-5-4-6-10-17)24(19-14-13-18(32-2)15-22(19)33-3)30-21-12-8-7-11-20(21)29-26(30)27-16/h4-15,24H,1-3H3,(H,27,29)(H,28,31)/t24-/m0/s1. The van der Waals surface area contributed by atoms with Crippen LogP contribution in [-0.2, 0) is 4.79 Å². The average Bonchev–Trinajstić information content (AvgIpc) is 3.21. The van der Waals surface area contributed by atoms with Crippen molar-refractivity contribution in [2.24, 2.45) is 0 Å². The molecule has 2 heterocycles. The van der Waals surface area contributed by atoms with Gasteiger partial charge in [0.05, 0.1) is 36.9 Å². The Morgan fingerprint density at radius 3 is 2.52 bits per heavy atom. The monoisotopic (exact) mass is 440 g/mol. The summed E-state index contributed by atoms with van der Waals surface area (Å²) in [6.07, 6.45) is 0. The van der Waals surface area contributed by atoms with Gasteiger partial charge in [-0.15, -0.1) is 0 Å². The average molecular weight is 441 g/mol. The van der Waals surface area contributed by atoms with Gasteiger partial charge < -0.3 is 20.1 Å². The Balaban J connectivity index is 1.71. The molecule has 0 bridgehead atoms. The summed E-state index contributed by atoms with van der Waals surface area (Å²) < 4.78 is 13.2. The van der Waals surface area contributed by atoms with E-state index in [2.05, 4.69) is 10.6 Å². The summed E-state index contributed by atoms with van der Waals surface area (Å²) in [4.78, 5) is 18.4. The number of para-hydroxylation sites is 3. The first-order valence-corrected chi connectivity index (χ1v) is 10.6. The van der Waals surface area contributed by atoms with Gasteiger partial charge in [-0.3, -0.25) is 9.36 Å². The molecule has 5 rings (SSSR count). The van der Waals surface area contributed by atoms with Crippen LogP contribution in [0.2, 0.25) is 0 Å². The Morgan fingerprint density at radius 2 is 1.76 bits per heavy atom. The number of ether oxygens (including phenoxy) is 2. The van der Waals surface area contributed by atoms with Crippen LogP contribution in [0.4, 0.5) is 11.6 Å². The van der Waals surface area contributed by atoms with Gasteiger partial charge in [-0.2, -0.15) is 0 Å². The van der Waals surface area contributed by atoms with Crippen molar-refractivity contribution in [3.8, 4) is 11.5 Å². The van der Waals surface area contributed by atoms with Crippen molar-refractivity contribution in [2.75, 3.05) is 24.9 Å². The van der Waals surface area contributed by atoms with Gasteiger partial charge in [-0.1, -0.05) is 30.3 Å². The number of benzene rings is 3. The van der Waals surface area contributed by atoms with Crippen molar-refractivity contribution >= 4 is 28.6 Å². The van der Waals surface area contributed by atoms with Crippen LogP contribution >= 0.6 is 0 Å². The Morgan fingerprint density at radius 1 is 1.00 bits per heavy atom. The molecule has 1 aliphatic heterocycles. The van der Waals surface area contributed by atoms with Crippen LogP contribution in [-0.4, -0.2) is 29.7 Å². The van der Waals surface area contributed by atoms with Crippen molar-refractivity contribution in [3.63, 3.8) is 0 Å². The first-order valence-electron chi connectivity index (χ1n) is 10.6. The molecular formula is C26H24N4O3. The SMILES string of the molecule is COc1ccc([C@H]2C(C(=O)Nc3ccccc3)=C(C)Nc3nc4ccccc4n32)c(OC)c1. The fraction of sp³-hybridized carbons (Fsp3) is 0.154. The molecule has 7 heteroatoms. The van der Waals surface area contributed by atoms with Crippen molar-refractivity contribution in [3.05, 3.63) is 89.6 Å². The summed E-state index contributed by atoms with van der Waals surface area (Å²) in [7, 11) is 3.23. The smallest absolute Gasteiger partial charge is 0.255 e. The molecule has 0 unspecified atom stereocenters. The number of fused-ring (bicyclic) bond motifs is 3. The summed E-state index contributed by atoms with van der Waals surface area (Å²) in [6, 6.07) is 22.5. The number of allylic oxidation sites excluding steroid dienone is 1. The van der Waals surface area contributed by atoms with Crippen molar-refractivity contribution in [1.29, 1.82) is 0 Å². The second-order valence-electron chi connectivity index (χ2n) is 7.79. The minimum absolute atomic E-state index is 0.197. The van der Waals surface area contributed by atoms with E-state index in [0.717, 1.165) is 28.0 Å². The van der Waals surface area contributed by atoms with E-state index in [0.29, 0.717) is 23.0 Å². The molecule has 1 atom stereocenters. The van der Waals surface area contributed by atoms with Crippen LogP contribution in [0.25, 0.3) is 11.0 Å². The zero-order chi connectivity index (χ0) is 22.9. The predicted molar refractivity (Wildman–Crippen MR) is 129 cm³/mol. The number of carbonyl (C=O) groups is 1. The fourth-order valence-electron chi connectivity index (χ4n) is 4.32. The topological polar surface area (TPSA) is 77.4 Å². The number of methoxy groups -OCH3 is 2. The lowest BCUT2D eigenvalue weighted by Crippen LogP contribution is -2.31. The molecule has 1 aromatic heterocycles. The summed E-state index contributed by atoms with van der Waals surface area (Å²) in [5.41, 5.74) is 4.63. The van der Waals surface area contributed by atoms with E-state index in [1.807, 2.05) is 84.3 Å². The first-order chi connectivity index (χ1) is 16.1. The van der Waals surface area contributed by atoms with Crippen LogP contribution in [0.15, 0.2) is 84.1 Å². The van der Waals surface area contributed by atoms with Gasteiger partial charge in [-0.05, 0) is 43.3 Å². The number of imidazole rings is 1. The number of hydrogen-bond donors (Lipinski definition) is 2. The third-order valence-corrected chi connectivity index (χ3v) is 5.84. The molecule has 0 fully saturated rings. The highest BCUT2D eigenvalue weighted by Gasteiger charge is 2.35. The number of hydrogen-bond acceptors (Lipinski definition) is 5. The molecule has 0 saturated heterocycles. The molecule has 1 amide bonds. The third kappa shape index (κ3) is 3.57. The summed E-state index contributed by atoms with van der Waals surface area (Å²) in [5.74, 6) is 1.78. The number of aromatic nitrogens is 2. The molecule has 7 nitrogen and oxygen atoms in total. The second kappa shape index (κ2) is 8.35. The zero-order valence-corrected chi connectivity index (χ0v) is 18.6. The Labute approximate surface area is 191 Å². The van der Waals surface area contributed by atoms with E-state index >= 15 is 0 Å². The molecular weight excluding hydrogens is 416 g/mol. The van der Waals surface area contributed by atoms with Gasteiger partial charge in [0.25, 0.3) is 5.91 Å². The van der Waals surface area contributed by atoms with Gasteiger partial charge in [0, 0.05) is 23.0 Å². The van der Waals surface area contributed by atoms with Gasteiger partial charge in [-0.25, -0.2) is 4.98 Å². The van der Waals surface area contributed by atoms with Crippen LogP contribution in [0.5, 0.6) is 11.5 Å². The number of nitrogens with one attached hydrogen (secondary N) is 2. The highest BCUT2D eigenvalue weighted by Crippen LogP contribution is 2.43. The fourth-order valence-corrected chi connectivity index (χ4v) is 4.32. The highest BCUT2D eigenvalue weighted by molar-refractivity contribution is 6.06. The van der Waals surface area contributed by atoms with Crippen LogP contribution in [0.3, 0.4) is 0 Å². The maximum atomic E-state index is 13.6. The van der Waals surface area contributed by atoms with E-state index in [-0.39, 0.29) is 5.91 Å². The van der Waals surface area contributed by atoms with E-state index in [1.165, 1.54) is 0 Å². The summed E-state index contributed by atoms with van der Waals surface area (Å²) in [6.45, 7) is 1.89. The lowest BCUT2D eigenvalue weighted by Gasteiger charge is -2.31. The van der Waals surface area contributed by atoms with E-state index in [9.17, 15) is 4.79 Å². The molecule has 2 N–H and O–H groups in total. The molecule has 4 aromatic rings.